The van der Waals surface area contributed by atoms with Gasteiger partial charge in [0.2, 0.25) is 0 Å². The standard InChI is InChI=1S/C10H9F3O/c11-10(12,13)9(14)7-6-8-4-2-1-3-5-8/h1-5,7,14H,6H2/b9-7-. The van der Waals surface area contributed by atoms with Crippen LogP contribution < -0.4 is 0 Å². The molecular weight excluding hydrogens is 193 g/mol. The van der Waals surface area contributed by atoms with Crippen molar-refractivity contribution in [1.29, 1.82) is 0 Å². The lowest BCUT2D eigenvalue weighted by Crippen LogP contribution is -2.11. The van der Waals surface area contributed by atoms with E-state index < -0.39 is 11.9 Å². The predicted molar refractivity (Wildman–Crippen MR) is 46.9 cm³/mol. The zero-order valence-corrected chi connectivity index (χ0v) is 7.25. The summed E-state index contributed by atoms with van der Waals surface area (Å²) in [5.41, 5.74) is 0.725. The average molecular weight is 202 g/mol. The number of aliphatic hydroxyl groups excluding tert-OH is 1. The van der Waals surface area contributed by atoms with E-state index in [9.17, 15) is 13.2 Å². The molecule has 0 atom stereocenters. The SMILES string of the molecule is O/C(=C\Cc1ccccc1)C(F)(F)F. The van der Waals surface area contributed by atoms with Gasteiger partial charge in [0.1, 0.15) is 0 Å². The molecule has 0 saturated heterocycles. The van der Waals surface area contributed by atoms with Gasteiger partial charge in [0.25, 0.3) is 0 Å². The van der Waals surface area contributed by atoms with Crippen LogP contribution in [-0.4, -0.2) is 11.3 Å². The van der Waals surface area contributed by atoms with Gasteiger partial charge in [-0.3, -0.25) is 0 Å². The number of benzene rings is 1. The molecule has 0 spiro atoms. The van der Waals surface area contributed by atoms with Gasteiger partial charge in [0, 0.05) is 0 Å². The Balaban J connectivity index is 2.65. The maximum absolute atomic E-state index is 11.8. The lowest BCUT2D eigenvalue weighted by Gasteiger charge is -2.04. The molecule has 1 rings (SSSR count). The highest BCUT2D eigenvalue weighted by molar-refractivity contribution is 5.18. The first-order chi connectivity index (χ1) is 6.50. The van der Waals surface area contributed by atoms with Crippen LogP contribution in [0.5, 0.6) is 0 Å². The molecule has 0 bridgehead atoms. The summed E-state index contributed by atoms with van der Waals surface area (Å²) in [4.78, 5) is 0. The van der Waals surface area contributed by atoms with Gasteiger partial charge in [-0.25, -0.2) is 0 Å². The minimum absolute atomic E-state index is 0.0756. The first kappa shape index (κ1) is 10.6. The number of hydrogen-bond acceptors (Lipinski definition) is 1. The van der Waals surface area contributed by atoms with Gasteiger partial charge < -0.3 is 5.11 Å². The third-order valence-electron chi connectivity index (χ3n) is 1.66. The van der Waals surface area contributed by atoms with Gasteiger partial charge in [0.05, 0.1) is 0 Å². The Hall–Kier alpha value is -1.45. The van der Waals surface area contributed by atoms with E-state index in [2.05, 4.69) is 0 Å². The van der Waals surface area contributed by atoms with Gasteiger partial charge in [0.15, 0.2) is 5.76 Å². The molecule has 0 aromatic heterocycles. The fraction of sp³-hybridized carbons (Fsp3) is 0.200. The molecule has 1 aromatic carbocycles. The molecule has 0 amide bonds. The summed E-state index contributed by atoms with van der Waals surface area (Å²) in [6.07, 6.45) is -3.81. The minimum atomic E-state index is -4.64. The van der Waals surface area contributed by atoms with Gasteiger partial charge in [-0.05, 0) is 18.1 Å². The highest BCUT2D eigenvalue weighted by atomic mass is 19.4. The number of rotatable bonds is 2. The number of halogens is 3. The van der Waals surface area contributed by atoms with Crippen LogP contribution in [0, 0.1) is 0 Å². The summed E-state index contributed by atoms with van der Waals surface area (Å²) in [5.74, 6) is -1.54. The van der Waals surface area contributed by atoms with Crippen molar-refractivity contribution in [2.24, 2.45) is 0 Å². The minimum Gasteiger partial charge on any atom is -0.504 e. The van der Waals surface area contributed by atoms with Crippen molar-refractivity contribution >= 4 is 0 Å². The van der Waals surface area contributed by atoms with E-state index >= 15 is 0 Å². The van der Waals surface area contributed by atoms with Crippen LogP contribution in [-0.2, 0) is 6.42 Å². The third-order valence-corrected chi connectivity index (χ3v) is 1.66. The Morgan fingerprint density at radius 3 is 2.29 bits per heavy atom. The second-order valence-corrected chi connectivity index (χ2v) is 2.78. The van der Waals surface area contributed by atoms with Crippen LogP contribution in [0.2, 0.25) is 0 Å². The molecule has 0 radical (unpaired) electrons. The maximum atomic E-state index is 11.8. The largest absolute Gasteiger partial charge is 0.504 e. The summed E-state index contributed by atoms with van der Waals surface area (Å²) in [5, 5.41) is 8.58. The Morgan fingerprint density at radius 2 is 1.79 bits per heavy atom. The molecule has 1 aromatic rings. The first-order valence-electron chi connectivity index (χ1n) is 4.00. The van der Waals surface area contributed by atoms with Crippen molar-refractivity contribution in [3.05, 3.63) is 47.7 Å². The van der Waals surface area contributed by atoms with Crippen molar-refractivity contribution in [3.8, 4) is 0 Å². The number of allylic oxidation sites excluding steroid dienone is 2. The molecule has 76 valence electrons. The lowest BCUT2D eigenvalue weighted by atomic mass is 10.1. The molecule has 0 heterocycles. The number of alkyl halides is 3. The smallest absolute Gasteiger partial charge is 0.448 e. The third kappa shape index (κ3) is 3.12. The molecule has 4 heteroatoms. The van der Waals surface area contributed by atoms with Crippen LogP contribution in [0.15, 0.2) is 42.2 Å². The fourth-order valence-electron chi connectivity index (χ4n) is 0.944. The summed E-state index contributed by atoms with van der Waals surface area (Å²) < 4.78 is 35.5. The Bertz CT molecular complexity index is 314. The van der Waals surface area contributed by atoms with Gasteiger partial charge in [-0.1, -0.05) is 30.3 Å². The van der Waals surface area contributed by atoms with Crippen LogP contribution in [0.25, 0.3) is 0 Å². The van der Waals surface area contributed by atoms with Crippen molar-refractivity contribution in [1.82, 2.24) is 0 Å². The Labute approximate surface area is 79.5 Å². The molecule has 1 N–H and O–H groups in total. The molecule has 0 aliphatic rings. The molecule has 1 nitrogen and oxygen atoms in total. The van der Waals surface area contributed by atoms with Crippen molar-refractivity contribution in [2.75, 3.05) is 0 Å². The van der Waals surface area contributed by atoms with E-state index in [4.69, 9.17) is 5.11 Å². The topological polar surface area (TPSA) is 20.2 Å². The van der Waals surface area contributed by atoms with E-state index in [1.807, 2.05) is 0 Å². The first-order valence-corrected chi connectivity index (χ1v) is 4.00. The van der Waals surface area contributed by atoms with Gasteiger partial charge in [-0.2, -0.15) is 13.2 Å². The van der Waals surface area contributed by atoms with E-state index in [-0.39, 0.29) is 6.42 Å². The van der Waals surface area contributed by atoms with E-state index in [0.29, 0.717) is 0 Å². The molecule has 0 unspecified atom stereocenters. The monoisotopic (exact) mass is 202 g/mol. The summed E-state index contributed by atoms with van der Waals surface area (Å²) >= 11 is 0. The van der Waals surface area contributed by atoms with Crippen LogP contribution in [0.4, 0.5) is 13.2 Å². The zero-order chi connectivity index (χ0) is 10.6. The fourth-order valence-corrected chi connectivity index (χ4v) is 0.944. The van der Waals surface area contributed by atoms with Crippen molar-refractivity contribution in [3.63, 3.8) is 0 Å². The number of aliphatic hydroxyl groups is 1. The highest BCUT2D eigenvalue weighted by Crippen LogP contribution is 2.23. The summed E-state index contributed by atoms with van der Waals surface area (Å²) in [6, 6.07) is 8.62. The molecule has 14 heavy (non-hydrogen) atoms. The van der Waals surface area contributed by atoms with Gasteiger partial charge in [-0.15, -0.1) is 0 Å². The highest BCUT2D eigenvalue weighted by Gasteiger charge is 2.33. The molecular formula is C10H9F3O. The molecule has 0 saturated carbocycles. The number of hydrogen-bond donors (Lipinski definition) is 1. The Kier molecular flexibility index (Phi) is 3.17. The average Bonchev–Trinajstić information content (AvgIpc) is 2.14. The normalized spacial score (nSPS) is 12.9. The predicted octanol–water partition coefficient (Wildman–Crippen LogP) is 3.23. The van der Waals surface area contributed by atoms with Crippen LogP contribution >= 0.6 is 0 Å². The van der Waals surface area contributed by atoms with Gasteiger partial charge >= 0.3 is 6.18 Å². The molecule has 0 aliphatic heterocycles. The Morgan fingerprint density at radius 1 is 1.21 bits per heavy atom. The second-order valence-electron chi connectivity index (χ2n) is 2.78. The second kappa shape index (κ2) is 4.17. The van der Waals surface area contributed by atoms with Crippen molar-refractivity contribution in [2.45, 2.75) is 12.6 Å². The molecule has 0 aliphatic carbocycles. The lowest BCUT2D eigenvalue weighted by molar-refractivity contribution is -0.120. The maximum Gasteiger partial charge on any atom is 0.448 e. The van der Waals surface area contributed by atoms with Crippen molar-refractivity contribution < 1.29 is 18.3 Å². The zero-order valence-electron chi connectivity index (χ0n) is 7.25. The van der Waals surface area contributed by atoms with E-state index in [1.165, 1.54) is 0 Å². The van der Waals surface area contributed by atoms with Crippen LogP contribution in [0.1, 0.15) is 5.56 Å². The van der Waals surface area contributed by atoms with E-state index in [1.54, 1.807) is 30.3 Å². The quantitative estimate of drug-likeness (QED) is 0.730. The molecule has 0 fully saturated rings. The van der Waals surface area contributed by atoms with E-state index in [0.717, 1.165) is 11.6 Å². The van der Waals surface area contributed by atoms with Crippen LogP contribution in [0.3, 0.4) is 0 Å². The summed E-state index contributed by atoms with van der Waals surface area (Å²) in [6.45, 7) is 0. The summed E-state index contributed by atoms with van der Waals surface area (Å²) in [7, 11) is 0.